The lowest BCUT2D eigenvalue weighted by Crippen LogP contribution is -1.88. The zero-order valence-electron chi connectivity index (χ0n) is 8.04. The van der Waals surface area contributed by atoms with E-state index in [9.17, 15) is 0 Å². The molecular formula is C12H16. The summed E-state index contributed by atoms with van der Waals surface area (Å²) >= 11 is 0. The van der Waals surface area contributed by atoms with E-state index in [1.807, 2.05) is 0 Å². The molecule has 0 aromatic heterocycles. The third-order valence-corrected chi connectivity index (χ3v) is 2.05. The van der Waals surface area contributed by atoms with Gasteiger partial charge in [0.25, 0.3) is 0 Å². The van der Waals surface area contributed by atoms with Crippen molar-refractivity contribution in [3.05, 3.63) is 47.6 Å². The molecule has 1 rings (SSSR count). The Balaban J connectivity index is 2.86. The smallest absolute Gasteiger partial charge is 0.0219 e. The van der Waals surface area contributed by atoms with Gasteiger partial charge in [-0.2, -0.15) is 0 Å². The third-order valence-electron chi connectivity index (χ3n) is 2.05. The molecule has 0 unspecified atom stereocenters. The van der Waals surface area contributed by atoms with Crippen LogP contribution < -0.4 is 0 Å². The first-order valence-corrected chi connectivity index (χ1v) is 4.46. The molecule has 0 bridgehead atoms. The Morgan fingerprint density at radius 3 is 2.50 bits per heavy atom. The van der Waals surface area contributed by atoms with Gasteiger partial charge in [-0.3, -0.25) is 0 Å². The van der Waals surface area contributed by atoms with E-state index in [4.69, 9.17) is 0 Å². The van der Waals surface area contributed by atoms with Crippen molar-refractivity contribution in [1.82, 2.24) is 0 Å². The van der Waals surface area contributed by atoms with Crippen molar-refractivity contribution in [1.29, 1.82) is 0 Å². The van der Waals surface area contributed by atoms with E-state index in [2.05, 4.69) is 57.2 Å². The summed E-state index contributed by atoms with van der Waals surface area (Å²) in [4.78, 5) is 0. The topological polar surface area (TPSA) is 0 Å². The average molecular weight is 160 g/mol. The molecule has 0 spiro atoms. The molecule has 0 nitrogen and oxygen atoms in total. The van der Waals surface area contributed by atoms with E-state index in [0.717, 1.165) is 0 Å². The monoisotopic (exact) mass is 160 g/mol. The van der Waals surface area contributed by atoms with Crippen LogP contribution in [0.15, 0.2) is 47.6 Å². The van der Waals surface area contributed by atoms with Gasteiger partial charge < -0.3 is 0 Å². The van der Waals surface area contributed by atoms with Crippen LogP contribution in [0.1, 0.15) is 20.8 Å². The van der Waals surface area contributed by atoms with Crippen LogP contribution in [0.2, 0.25) is 0 Å². The van der Waals surface area contributed by atoms with Gasteiger partial charge in [0.2, 0.25) is 0 Å². The highest BCUT2D eigenvalue weighted by Crippen LogP contribution is 2.15. The van der Waals surface area contributed by atoms with Gasteiger partial charge in [0.15, 0.2) is 0 Å². The molecule has 0 radical (unpaired) electrons. The number of hydrogen-bond acceptors (Lipinski definition) is 0. The first-order valence-electron chi connectivity index (χ1n) is 4.46. The zero-order chi connectivity index (χ0) is 8.97. The number of allylic oxidation sites excluding steroid dienone is 8. The van der Waals surface area contributed by atoms with Crippen LogP contribution in [0.3, 0.4) is 0 Å². The molecule has 1 aliphatic rings. The molecule has 0 aliphatic heterocycles. The highest BCUT2D eigenvalue weighted by molar-refractivity contribution is 5.41. The van der Waals surface area contributed by atoms with Gasteiger partial charge in [0.1, 0.15) is 0 Å². The molecule has 64 valence electrons. The van der Waals surface area contributed by atoms with Gasteiger partial charge in [-0.1, -0.05) is 50.3 Å². The molecule has 0 saturated heterocycles. The van der Waals surface area contributed by atoms with Crippen LogP contribution in [0, 0.1) is 5.92 Å². The largest absolute Gasteiger partial charge is 0.0804 e. The summed E-state index contributed by atoms with van der Waals surface area (Å²) in [5, 5.41) is 0. The van der Waals surface area contributed by atoms with Gasteiger partial charge >= 0.3 is 0 Å². The summed E-state index contributed by atoms with van der Waals surface area (Å²) in [6.45, 7) is 6.49. The number of rotatable bonds is 1. The summed E-state index contributed by atoms with van der Waals surface area (Å²) in [7, 11) is 0. The molecule has 0 fully saturated rings. The summed E-state index contributed by atoms with van der Waals surface area (Å²) in [6.07, 6.45) is 12.9. The number of hydrogen-bond donors (Lipinski definition) is 0. The molecule has 0 aromatic carbocycles. The van der Waals surface area contributed by atoms with Crippen molar-refractivity contribution in [3.8, 4) is 0 Å². The van der Waals surface area contributed by atoms with E-state index in [0.29, 0.717) is 5.92 Å². The Kier molecular flexibility index (Phi) is 3.09. The second-order valence-electron chi connectivity index (χ2n) is 3.30. The second kappa shape index (κ2) is 4.10. The molecule has 1 aliphatic carbocycles. The van der Waals surface area contributed by atoms with Gasteiger partial charge in [-0.05, 0) is 24.0 Å². The van der Waals surface area contributed by atoms with E-state index in [1.54, 1.807) is 0 Å². The second-order valence-corrected chi connectivity index (χ2v) is 3.30. The summed E-state index contributed by atoms with van der Waals surface area (Å²) in [5.74, 6) is 0.613. The van der Waals surface area contributed by atoms with Crippen LogP contribution >= 0.6 is 0 Å². The molecule has 12 heavy (non-hydrogen) atoms. The van der Waals surface area contributed by atoms with Gasteiger partial charge in [0, 0.05) is 0 Å². The van der Waals surface area contributed by atoms with Crippen molar-refractivity contribution in [2.75, 3.05) is 0 Å². The first-order chi connectivity index (χ1) is 5.74. The first kappa shape index (κ1) is 9.05. The summed E-state index contributed by atoms with van der Waals surface area (Å²) in [6, 6.07) is 0. The molecule has 0 heteroatoms. The Morgan fingerprint density at radius 1 is 1.17 bits per heavy atom. The third kappa shape index (κ3) is 2.23. The van der Waals surface area contributed by atoms with Crippen molar-refractivity contribution in [2.45, 2.75) is 20.8 Å². The summed E-state index contributed by atoms with van der Waals surface area (Å²) < 4.78 is 0. The quantitative estimate of drug-likeness (QED) is 0.549. The van der Waals surface area contributed by atoms with E-state index < -0.39 is 0 Å². The fraction of sp³-hybridized carbons (Fsp3) is 0.333. The lowest BCUT2D eigenvalue weighted by atomic mass is 10.0. The van der Waals surface area contributed by atoms with E-state index >= 15 is 0 Å². The van der Waals surface area contributed by atoms with Crippen molar-refractivity contribution in [3.63, 3.8) is 0 Å². The van der Waals surface area contributed by atoms with Gasteiger partial charge in [-0.15, -0.1) is 0 Å². The lowest BCUT2D eigenvalue weighted by Gasteiger charge is -2.02. The minimum absolute atomic E-state index is 0.613. The van der Waals surface area contributed by atoms with Crippen LogP contribution in [-0.4, -0.2) is 0 Å². The highest BCUT2D eigenvalue weighted by Gasteiger charge is 1.99. The van der Waals surface area contributed by atoms with Crippen LogP contribution in [-0.2, 0) is 0 Å². The highest BCUT2D eigenvalue weighted by atomic mass is 14.0. The van der Waals surface area contributed by atoms with Crippen LogP contribution in [0.4, 0.5) is 0 Å². The van der Waals surface area contributed by atoms with Crippen molar-refractivity contribution < 1.29 is 0 Å². The van der Waals surface area contributed by atoms with Gasteiger partial charge in [-0.25, -0.2) is 0 Å². The molecule has 0 N–H and O–H groups in total. The fourth-order valence-corrected chi connectivity index (χ4v) is 1.15. The maximum atomic E-state index is 2.21. The Bertz CT molecular complexity index is 260. The maximum absolute atomic E-state index is 2.21. The Hall–Kier alpha value is -1.04. The molecule has 0 amide bonds. The SMILES string of the molecule is CC=C1C=CC=C(C(C)C)C=C1. The predicted molar refractivity (Wildman–Crippen MR) is 55.0 cm³/mol. The zero-order valence-corrected chi connectivity index (χ0v) is 8.04. The molecular weight excluding hydrogens is 144 g/mol. The van der Waals surface area contributed by atoms with Crippen molar-refractivity contribution >= 4 is 0 Å². The van der Waals surface area contributed by atoms with E-state index in [1.165, 1.54) is 11.1 Å². The minimum Gasteiger partial charge on any atom is -0.0804 e. The lowest BCUT2D eigenvalue weighted by molar-refractivity contribution is 0.792. The standard InChI is InChI=1S/C12H16/c1-4-11-6-5-7-12(9-8-11)10(2)3/h4-10H,1-3H3. The van der Waals surface area contributed by atoms with Crippen LogP contribution in [0.5, 0.6) is 0 Å². The Labute approximate surface area is 75.0 Å². The molecule has 0 saturated carbocycles. The van der Waals surface area contributed by atoms with Crippen LogP contribution in [0.25, 0.3) is 0 Å². The van der Waals surface area contributed by atoms with E-state index in [-0.39, 0.29) is 0 Å². The Morgan fingerprint density at radius 2 is 1.92 bits per heavy atom. The minimum atomic E-state index is 0.613. The summed E-state index contributed by atoms with van der Waals surface area (Å²) in [5.41, 5.74) is 2.67. The molecule has 0 atom stereocenters. The predicted octanol–water partition coefficient (Wildman–Crippen LogP) is 3.64. The molecule has 0 heterocycles. The normalized spacial score (nSPS) is 20.0. The fourth-order valence-electron chi connectivity index (χ4n) is 1.15. The van der Waals surface area contributed by atoms with Crippen molar-refractivity contribution in [2.24, 2.45) is 5.92 Å². The molecule has 0 aromatic rings. The average Bonchev–Trinajstić information content (AvgIpc) is 2.28. The maximum Gasteiger partial charge on any atom is -0.0219 e. The van der Waals surface area contributed by atoms with Gasteiger partial charge in [0.05, 0.1) is 0 Å².